The van der Waals surface area contributed by atoms with E-state index in [1.807, 2.05) is 0 Å². The van der Waals surface area contributed by atoms with Crippen molar-refractivity contribution < 1.29 is 23.1 Å². The minimum absolute atomic E-state index is 0.0866. The molecule has 0 bridgehead atoms. The van der Waals surface area contributed by atoms with Gasteiger partial charge in [0, 0.05) is 11.3 Å². The highest BCUT2D eigenvalue weighted by atomic mass is 35.5. The predicted molar refractivity (Wildman–Crippen MR) is 71.8 cm³/mol. The number of carbonyl (C=O) groups is 2. The second kappa shape index (κ2) is 5.77. The van der Waals surface area contributed by atoms with Crippen LogP contribution >= 0.6 is 23.2 Å². The van der Waals surface area contributed by atoms with Crippen molar-refractivity contribution in [2.24, 2.45) is 0 Å². The first-order valence-corrected chi connectivity index (χ1v) is 7.61. The van der Waals surface area contributed by atoms with Crippen LogP contribution in [-0.2, 0) is 14.6 Å². The first-order valence-electron chi connectivity index (χ1n) is 4.80. The van der Waals surface area contributed by atoms with Gasteiger partial charge in [0.05, 0.1) is 16.3 Å². The summed E-state index contributed by atoms with van der Waals surface area (Å²) in [4.78, 5) is 22.5. The van der Waals surface area contributed by atoms with E-state index >= 15 is 0 Å². The van der Waals surface area contributed by atoms with Crippen molar-refractivity contribution in [1.29, 1.82) is 0 Å². The molecule has 0 fully saturated rings. The molecule has 0 heterocycles. The zero-order chi connectivity index (χ0) is 14.8. The zero-order valence-electron chi connectivity index (χ0n) is 9.61. The highest BCUT2D eigenvalue weighted by molar-refractivity contribution is 7.91. The number of aromatic carboxylic acids is 1. The van der Waals surface area contributed by atoms with E-state index in [0.717, 1.165) is 12.3 Å². The van der Waals surface area contributed by atoms with Gasteiger partial charge in [-0.25, -0.2) is 13.2 Å². The van der Waals surface area contributed by atoms with Gasteiger partial charge in [-0.05, 0) is 12.1 Å². The summed E-state index contributed by atoms with van der Waals surface area (Å²) in [5, 5.41) is 11.1. The number of carboxylic acid groups (broad SMARTS) is 1. The summed E-state index contributed by atoms with van der Waals surface area (Å²) in [7, 11) is -3.53. The van der Waals surface area contributed by atoms with Gasteiger partial charge < -0.3 is 10.4 Å². The summed E-state index contributed by atoms with van der Waals surface area (Å²) >= 11 is 11.4. The average molecular weight is 326 g/mol. The molecule has 0 unspecified atom stereocenters. The van der Waals surface area contributed by atoms with Crippen LogP contribution in [0.4, 0.5) is 5.69 Å². The topological polar surface area (TPSA) is 101 Å². The number of hydrogen-bond donors (Lipinski definition) is 2. The second-order valence-electron chi connectivity index (χ2n) is 3.73. The highest BCUT2D eigenvalue weighted by Crippen LogP contribution is 2.30. The van der Waals surface area contributed by atoms with Gasteiger partial charge in [-0.1, -0.05) is 23.2 Å². The maximum Gasteiger partial charge on any atom is 0.337 e. The highest BCUT2D eigenvalue weighted by Gasteiger charge is 2.19. The second-order valence-corrected chi connectivity index (χ2v) is 6.72. The summed E-state index contributed by atoms with van der Waals surface area (Å²) in [5.41, 5.74) is -0.508. The maximum absolute atomic E-state index is 11.5. The van der Waals surface area contributed by atoms with Crippen molar-refractivity contribution >= 4 is 50.6 Å². The molecule has 0 aliphatic carbocycles. The molecule has 0 aliphatic heterocycles. The lowest BCUT2D eigenvalue weighted by atomic mass is 10.1. The number of nitrogens with one attached hydrogen (secondary N) is 1. The van der Waals surface area contributed by atoms with Crippen LogP contribution in [-0.4, -0.2) is 37.4 Å². The summed E-state index contributed by atoms with van der Waals surface area (Å²) in [6, 6.07) is 2.34. The van der Waals surface area contributed by atoms with E-state index in [0.29, 0.717) is 0 Å². The number of sulfone groups is 1. The van der Waals surface area contributed by atoms with E-state index in [9.17, 15) is 18.0 Å². The molecule has 1 amide bonds. The van der Waals surface area contributed by atoms with E-state index in [1.165, 1.54) is 6.07 Å². The molecule has 1 aromatic carbocycles. The number of carbonyl (C=O) groups excluding carboxylic acids is 1. The lowest BCUT2D eigenvalue weighted by Gasteiger charge is -2.10. The fourth-order valence-electron chi connectivity index (χ4n) is 1.28. The van der Waals surface area contributed by atoms with E-state index in [4.69, 9.17) is 28.3 Å². The number of hydrogen-bond acceptors (Lipinski definition) is 4. The summed E-state index contributed by atoms with van der Waals surface area (Å²) in [6.45, 7) is 0. The Morgan fingerprint density at radius 2 is 1.89 bits per heavy atom. The molecule has 2 N–H and O–H groups in total. The molecule has 0 aliphatic rings. The number of benzene rings is 1. The Balaban J connectivity index is 3.14. The number of amides is 1. The van der Waals surface area contributed by atoms with E-state index in [-0.39, 0.29) is 21.3 Å². The van der Waals surface area contributed by atoms with Crippen molar-refractivity contribution in [2.75, 3.05) is 17.3 Å². The molecule has 104 valence electrons. The molecule has 0 aromatic heterocycles. The Kier molecular flexibility index (Phi) is 4.78. The molecule has 1 aromatic rings. The first kappa shape index (κ1) is 15.7. The molecule has 0 saturated carbocycles. The van der Waals surface area contributed by atoms with Gasteiger partial charge >= 0.3 is 5.97 Å². The third-order valence-electron chi connectivity index (χ3n) is 1.94. The quantitative estimate of drug-likeness (QED) is 0.877. The van der Waals surface area contributed by atoms with E-state index < -0.39 is 27.5 Å². The molecule has 0 atom stereocenters. The normalized spacial score (nSPS) is 11.1. The number of anilines is 1. The summed E-state index contributed by atoms with van der Waals surface area (Å²) < 4.78 is 21.9. The van der Waals surface area contributed by atoms with Gasteiger partial charge in [0.15, 0.2) is 9.84 Å². The van der Waals surface area contributed by atoms with Crippen molar-refractivity contribution in [3.05, 3.63) is 27.7 Å². The molecule has 0 saturated heterocycles. The van der Waals surface area contributed by atoms with Gasteiger partial charge in [-0.3, -0.25) is 4.79 Å². The van der Waals surface area contributed by atoms with Crippen molar-refractivity contribution in [2.45, 2.75) is 0 Å². The van der Waals surface area contributed by atoms with Crippen molar-refractivity contribution in [3.8, 4) is 0 Å². The summed E-state index contributed by atoms with van der Waals surface area (Å²) in [6.07, 6.45) is 0.883. The zero-order valence-corrected chi connectivity index (χ0v) is 11.9. The van der Waals surface area contributed by atoms with Gasteiger partial charge in [-0.15, -0.1) is 0 Å². The van der Waals surface area contributed by atoms with Crippen molar-refractivity contribution in [1.82, 2.24) is 0 Å². The van der Waals surface area contributed by atoms with Gasteiger partial charge in [0.2, 0.25) is 5.91 Å². The monoisotopic (exact) mass is 325 g/mol. The van der Waals surface area contributed by atoms with Crippen LogP contribution < -0.4 is 5.32 Å². The summed E-state index contributed by atoms with van der Waals surface area (Å²) in [5.74, 6) is -3.00. The fraction of sp³-hybridized carbons (Fsp3) is 0.200. The predicted octanol–water partition coefficient (Wildman–Crippen LogP) is 1.67. The number of carboxylic acids is 1. The molecule has 0 radical (unpaired) electrons. The molecule has 0 spiro atoms. The molecular weight excluding hydrogens is 317 g/mol. The number of halogens is 2. The molecular formula is C10H9Cl2NO5S. The van der Waals surface area contributed by atoms with Crippen LogP contribution in [0.15, 0.2) is 12.1 Å². The van der Waals surface area contributed by atoms with Crippen LogP contribution in [0.3, 0.4) is 0 Å². The smallest absolute Gasteiger partial charge is 0.337 e. The maximum atomic E-state index is 11.5. The Bertz CT molecular complexity index is 642. The lowest BCUT2D eigenvalue weighted by molar-refractivity contribution is -0.113. The standard InChI is InChI=1S/C10H9Cl2NO5S/c1-19(17,18)4-8(14)13-9-6(10(15)16)2-5(11)3-7(9)12/h2-3H,4H2,1H3,(H,13,14)(H,15,16). The fourth-order valence-corrected chi connectivity index (χ4v) is 2.37. The molecule has 9 heteroatoms. The third kappa shape index (κ3) is 4.70. The molecule has 19 heavy (non-hydrogen) atoms. The largest absolute Gasteiger partial charge is 0.478 e. The van der Waals surface area contributed by atoms with Crippen molar-refractivity contribution in [3.63, 3.8) is 0 Å². The van der Waals surface area contributed by atoms with Crippen LogP contribution in [0.25, 0.3) is 0 Å². The van der Waals surface area contributed by atoms with Crippen LogP contribution in [0.1, 0.15) is 10.4 Å². The minimum atomic E-state index is -3.53. The minimum Gasteiger partial charge on any atom is -0.478 e. The Hall–Kier alpha value is -1.31. The Labute approximate surface area is 119 Å². The van der Waals surface area contributed by atoms with Crippen LogP contribution in [0.2, 0.25) is 10.0 Å². The SMILES string of the molecule is CS(=O)(=O)CC(=O)Nc1c(Cl)cc(Cl)cc1C(=O)O. The molecule has 1 rings (SSSR count). The van der Waals surface area contributed by atoms with Crippen LogP contribution in [0, 0.1) is 0 Å². The van der Waals surface area contributed by atoms with Gasteiger partial charge in [-0.2, -0.15) is 0 Å². The van der Waals surface area contributed by atoms with Crippen LogP contribution in [0.5, 0.6) is 0 Å². The van der Waals surface area contributed by atoms with Gasteiger partial charge in [0.25, 0.3) is 0 Å². The molecule has 6 nitrogen and oxygen atoms in total. The van der Waals surface area contributed by atoms with Gasteiger partial charge in [0.1, 0.15) is 5.75 Å². The first-order chi connectivity index (χ1) is 8.60. The van der Waals surface area contributed by atoms with E-state index in [1.54, 1.807) is 0 Å². The van der Waals surface area contributed by atoms with E-state index in [2.05, 4.69) is 5.32 Å². The Morgan fingerprint density at radius 3 is 2.37 bits per heavy atom. The number of rotatable bonds is 4. The Morgan fingerprint density at radius 1 is 1.32 bits per heavy atom. The third-order valence-corrected chi connectivity index (χ3v) is 3.25. The lowest BCUT2D eigenvalue weighted by Crippen LogP contribution is -2.23. The average Bonchev–Trinajstić information content (AvgIpc) is 2.18.